The van der Waals surface area contributed by atoms with E-state index in [4.69, 9.17) is 5.26 Å². The van der Waals surface area contributed by atoms with Crippen molar-refractivity contribution in [3.63, 3.8) is 0 Å². The Hall–Kier alpha value is -1.18. The van der Waals surface area contributed by atoms with Crippen LogP contribution in [0, 0.1) is 23.2 Å². The molecular formula is C11H14FN2P. The third-order valence-electron chi connectivity index (χ3n) is 1.70. The van der Waals surface area contributed by atoms with Crippen molar-refractivity contribution >= 4 is 15.0 Å². The molecule has 15 heavy (non-hydrogen) atoms. The predicted octanol–water partition coefficient (Wildman–Crippen LogP) is 2.83. The van der Waals surface area contributed by atoms with Gasteiger partial charge in [0.05, 0.1) is 11.4 Å². The highest BCUT2D eigenvalue weighted by molar-refractivity contribution is 7.19. The van der Waals surface area contributed by atoms with E-state index in [1.807, 2.05) is 22.2 Å². The van der Waals surface area contributed by atoms with Gasteiger partial charge in [-0.2, -0.15) is 5.26 Å². The van der Waals surface area contributed by atoms with Crippen molar-refractivity contribution in [1.82, 2.24) is 0 Å². The molecule has 0 aliphatic rings. The van der Waals surface area contributed by atoms with Crippen molar-refractivity contribution in [3.05, 3.63) is 11.3 Å². The summed E-state index contributed by atoms with van der Waals surface area (Å²) in [5, 5.41) is 8.83. The summed E-state index contributed by atoms with van der Waals surface area (Å²) in [5.41, 5.74) is 1.18. The molecule has 0 aliphatic heterocycles. The van der Waals surface area contributed by atoms with Gasteiger partial charge in [0.2, 0.25) is 0 Å². The molecule has 2 unspecified atom stereocenters. The molecule has 0 saturated carbocycles. The molecule has 2 atom stereocenters. The Morgan fingerprint density at radius 3 is 2.53 bits per heavy atom. The molecule has 0 rings (SSSR count). The highest BCUT2D eigenvalue weighted by atomic mass is 31.0. The molecule has 0 radical (unpaired) electrons. The lowest BCUT2D eigenvalue weighted by Gasteiger charge is -2.03. The predicted molar refractivity (Wildman–Crippen MR) is 64.1 cm³/mol. The summed E-state index contributed by atoms with van der Waals surface area (Å²) >= 11 is 0. The van der Waals surface area contributed by atoms with E-state index < -0.39 is 5.91 Å². The second kappa shape index (κ2) is 7.16. The van der Waals surface area contributed by atoms with Crippen LogP contribution in [0.1, 0.15) is 27.2 Å². The number of hydrogen-bond donors (Lipinski definition) is 0. The zero-order chi connectivity index (χ0) is 11.8. The lowest BCUT2D eigenvalue weighted by Crippen LogP contribution is -2.03. The molecule has 4 heteroatoms. The first-order chi connectivity index (χ1) is 7.06. The summed E-state index contributed by atoms with van der Waals surface area (Å²) in [6.45, 7) is 5.09. The van der Waals surface area contributed by atoms with Crippen LogP contribution in [0.5, 0.6) is 0 Å². The smallest absolute Gasteiger partial charge is 0.151 e. The summed E-state index contributed by atoms with van der Waals surface area (Å²) in [7, 11) is 2.02. The largest absolute Gasteiger partial charge is 0.257 e. The molecule has 0 bridgehead atoms. The number of aliphatic imine (C=N–C) groups is 1. The molecule has 0 amide bonds. The molecule has 0 aliphatic carbocycles. The van der Waals surface area contributed by atoms with E-state index in [0.29, 0.717) is 23.4 Å². The van der Waals surface area contributed by atoms with Gasteiger partial charge in [-0.1, -0.05) is 22.1 Å². The lowest BCUT2D eigenvalue weighted by molar-refractivity contribution is 0.539. The quantitative estimate of drug-likeness (QED) is 0.314. The third kappa shape index (κ3) is 4.73. The minimum atomic E-state index is -1.18. The van der Waals surface area contributed by atoms with Gasteiger partial charge in [0, 0.05) is 0 Å². The first-order valence-corrected chi connectivity index (χ1v) is 5.24. The van der Waals surface area contributed by atoms with Crippen LogP contribution in [0.25, 0.3) is 0 Å². The van der Waals surface area contributed by atoms with E-state index in [1.165, 1.54) is 0 Å². The standard InChI is InChI=1S/C11H14FN2P/c1-4-6-9(7-13)10(5-2)14-8(3)11(12)15/h11H,5,15H2,1-3H3/b10-9+,14-8?. The van der Waals surface area contributed by atoms with Crippen molar-refractivity contribution in [3.8, 4) is 17.9 Å². The van der Waals surface area contributed by atoms with E-state index in [2.05, 4.69) is 16.8 Å². The van der Waals surface area contributed by atoms with Crippen molar-refractivity contribution in [2.75, 3.05) is 0 Å². The van der Waals surface area contributed by atoms with Gasteiger partial charge >= 0.3 is 0 Å². The van der Waals surface area contributed by atoms with E-state index in [1.54, 1.807) is 13.8 Å². The monoisotopic (exact) mass is 224 g/mol. The fourth-order valence-electron chi connectivity index (χ4n) is 0.876. The Morgan fingerprint density at radius 2 is 2.20 bits per heavy atom. The first kappa shape index (κ1) is 13.8. The zero-order valence-corrected chi connectivity index (χ0v) is 10.3. The summed E-state index contributed by atoms with van der Waals surface area (Å²) in [6.07, 6.45) is 0.562. The maximum Gasteiger partial charge on any atom is 0.151 e. The second-order valence-electron chi connectivity index (χ2n) is 2.82. The molecule has 0 spiro atoms. The fraction of sp³-hybridized carbons (Fsp3) is 0.455. The lowest BCUT2D eigenvalue weighted by atomic mass is 10.2. The third-order valence-corrected chi connectivity index (χ3v) is 2.18. The highest BCUT2D eigenvalue weighted by Gasteiger charge is 2.06. The Balaban J connectivity index is 5.29. The topological polar surface area (TPSA) is 36.1 Å². The molecule has 0 N–H and O–H groups in total. The SMILES string of the molecule is CC#C/C(C#N)=C(/CC)N=C(C)C(F)P. The molecule has 0 saturated heterocycles. The van der Waals surface area contributed by atoms with Crippen molar-refractivity contribution in [2.45, 2.75) is 33.1 Å². The van der Waals surface area contributed by atoms with E-state index in [9.17, 15) is 4.39 Å². The number of alkyl halides is 1. The number of hydrogen-bond acceptors (Lipinski definition) is 2. The number of halogens is 1. The van der Waals surface area contributed by atoms with Crippen molar-refractivity contribution in [2.24, 2.45) is 4.99 Å². The summed E-state index contributed by atoms with van der Waals surface area (Å²) in [5.74, 6) is 4.12. The van der Waals surface area contributed by atoms with Crippen molar-refractivity contribution in [1.29, 1.82) is 5.26 Å². The maximum atomic E-state index is 12.8. The van der Waals surface area contributed by atoms with Gasteiger partial charge in [0.25, 0.3) is 0 Å². The summed E-state index contributed by atoms with van der Waals surface area (Å²) in [6, 6.07) is 1.97. The molecule has 0 heterocycles. The van der Waals surface area contributed by atoms with Gasteiger partial charge in [-0.05, 0) is 20.3 Å². The average molecular weight is 224 g/mol. The molecule has 0 fully saturated rings. The molecular weight excluding hydrogens is 210 g/mol. The van der Waals surface area contributed by atoms with E-state index >= 15 is 0 Å². The van der Waals surface area contributed by atoms with Crippen LogP contribution in [0.2, 0.25) is 0 Å². The molecule has 2 nitrogen and oxygen atoms in total. The minimum absolute atomic E-state index is 0.310. The van der Waals surface area contributed by atoms with Crippen LogP contribution < -0.4 is 0 Å². The number of nitriles is 1. The Bertz CT molecular complexity index is 378. The second-order valence-corrected chi connectivity index (χ2v) is 3.40. The van der Waals surface area contributed by atoms with Crippen LogP contribution in [-0.2, 0) is 0 Å². The number of nitrogens with zero attached hydrogens (tertiary/aromatic N) is 2. The van der Waals surface area contributed by atoms with Crippen LogP contribution >= 0.6 is 9.24 Å². The highest BCUT2D eigenvalue weighted by Crippen LogP contribution is 2.13. The molecule has 80 valence electrons. The number of rotatable bonds is 3. The normalized spacial score (nSPS) is 14.5. The summed E-state index contributed by atoms with van der Waals surface area (Å²) in [4.78, 5) is 4.06. The molecule has 0 aromatic carbocycles. The fourth-order valence-corrected chi connectivity index (χ4v) is 0.950. The maximum absolute atomic E-state index is 12.8. The van der Waals surface area contributed by atoms with E-state index in [-0.39, 0.29) is 0 Å². The van der Waals surface area contributed by atoms with Gasteiger partial charge in [-0.3, -0.25) is 4.99 Å². The van der Waals surface area contributed by atoms with Crippen molar-refractivity contribution < 1.29 is 4.39 Å². The number of allylic oxidation sites excluding steroid dienone is 2. The van der Waals surface area contributed by atoms with Gasteiger partial charge in [-0.15, -0.1) is 5.92 Å². The Kier molecular flexibility index (Phi) is 6.59. The molecule has 0 aromatic heterocycles. The van der Waals surface area contributed by atoms with Crippen LogP contribution in [0.4, 0.5) is 4.39 Å². The van der Waals surface area contributed by atoms with Gasteiger partial charge in [0.1, 0.15) is 11.6 Å². The van der Waals surface area contributed by atoms with Crippen LogP contribution in [0.3, 0.4) is 0 Å². The Morgan fingerprint density at radius 1 is 1.60 bits per heavy atom. The zero-order valence-electron chi connectivity index (χ0n) is 9.13. The Labute approximate surface area is 92.5 Å². The van der Waals surface area contributed by atoms with E-state index in [0.717, 1.165) is 0 Å². The van der Waals surface area contributed by atoms with Gasteiger partial charge in [0.15, 0.2) is 5.91 Å². The van der Waals surface area contributed by atoms with Crippen LogP contribution in [0.15, 0.2) is 16.3 Å². The van der Waals surface area contributed by atoms with Crippen LogP contribution in [-0.4, -0.2) is 11.6 Å². The summed E-state index contributed by atoms with van der Waals surface area (Å²) < 4.78 is 12.8. The first-order valence-electron chi connectivity index (χ1n) is 4.57. The minimum Gasteiger partial charge on any atom is -0.257 e. The van der Waals surface area contributed by atoms with Gasteiger partial charge < -0.3 is 0 Å². The molecule has 0 aromatic rings. The average Bonchev–Trinajstić information content (AvgIpc) is 2.22. The van der Waals surface area contributed by atoms with Gasteiger partial charge in [-0.25, -0.2) is 4.39 Å².